The lowest BCUT2D eigenvalue weighted by atomic mass is 10.1. The summed E-state index contributed by atoms with van der Waals surface area (Å²) in [5.41, 5.74) is 2.74. The largest absolute Gasteiger partial charge is 0.332 e. The number of aromatic nitrogens is 2. The first-order chi connectivity index (χ1) is 14.5. The van der Waals surface area contributed by atoms with Crippen LogP contribution in [0.5, 0.6) is 0 Å². The van der Waals surface area contributed by atoms with Crippen molar-refractivity contribution in [2.75, 3.05) is 20.1 Å². The van der Waals surface area contributed by atoms with Gasteiger partial charge < -0.3 is 4.90 Å². The molecule has 8 nitrogen and oxygen atoms in total. The average Bonchev–Trinajstić information content (AvgIpc) is 2.77. The molecule has 156 valence electrons. The number of piperidine rings is 1. The Balaban J connectivity index is 1.82. The fraction of sp³-hybridized carbons (Fsp3) is 0.318. The van der Waals surface area contributed by atoms with Gasteiger partial charge in [-0.3, -0.25) is 23.9 Å². The van der Waals surface area contributed by atoms with Crippen molar-refractivity contribution in [2.24, 2.45) is 0 Å². The minimum absolute atomic E-state index is 0.157. The number of hydroxylamine groups is 1. The highest BCUT2D eigenvalue weighted by molar-refractivity contribution is 5.93. The molecule has 1 aliphatic heterocycles. The highest BCUT2D eigenvalue weighted by Crippen LogP contribution is 2.19. The molecule has 1 aromatic heterocycles. The second kappa shape index (κ2) is 8.25. The lowest BCUT2D eigenvalue weighted by Crippen LogP contribution is -2.47. The van der Waals surface area contributed by atoms with E-state index in [0.717, 1.165) is 24.9 Å². The van der Waals surface area contributed by atoms with E-state index in [2.05, 4.69) is 4.90 Å². The monoisotopic (exact) mass is 408 g/mol. The molecule has 0 aliphatic carbocycles. The number of nitrogens with one attached hydrogen (secondary N) is 1. The van der Waals surface area contributed by atoms with E-state index in [1.807, 2.05) is 13.1 Å². The predicted octanol–water partition coefficient (Wildman–Crippen LogP) is 1.60. The standard InChI is InChI=1S/C22H24N4O4/c1-24-12-4-5-17(14-24)26-21(28)18-6-2-3-7-19(18)25(22(26)29)13-15-8-10-16(11-9-15)20(27)23-30/h2-3,6-11,17,30H,4-5,12-14H2,1H3,(H,23,27). The molecule has 1 amide bonds. The van der Waals surface area contributed by atoms with Crippen LogP contribution < -0.4 is 16.7 Å². The van der Waals surface area contributed by atoms with Gasteiger partial charge in [-0.25, -0.2) is 10.3 Å². The summed E-state index contributed by atoms with van der Waals surface area (Å²) >= 11 is 0. The number of amides is 1. The maximum atomic E-state index is 13.4. The molecule has 30 heavy (non-hydrogen) atoms. The molecule has 1 saturated heterocycles. The number of para-hydroxylation sites is 1. The summed E-state index contributed by atoms with van der Waals surface area (Å²) < 4.78 is 3.03. The van der Waals surface area contributed by atoms with Crippen LogP contribution in [0.15, 0.2) is 58.1 Å². The van der Waals surface area contributed by atoms with Crippen LogP contribution >= 0.6 is 0 Å². The zero-order valence-electron chi connectivity index (χ0n) is 16.7. The molecular formula is C22H24N4O4. The topological polar surface area (TPSA) is 96.6 Å². The molecule has 0 spiro atoms. The Morgan fingerprint density at radius 3 is 2.57 bits per heavy atom. The minimum atomic E-state index is -0.598. The highest BCUT2D eigenvalue weighted by atomic mass is 16.5. The average molecular weight is 408 g/mol. The lowest BCUT2D eigenvalue weighted by molar-refractivity contribution is 0.0706. The summed E-state index contributed by atoms with van der Waals surface area (Å²) in [6.07, 6.45) is 1.73. The van der Waals surface area contributed by atoms with E-state index in [0.29, 0.717) is 23.0 Å². The number of likely N-dealkylation sites (N-methyl/N-ethyl adjacent to an activating group) is 1. The molecule has 1 aliphatic rings. The van der Waals surface area contributed by atoms with Crippen molar-refractivity contribution in [1.82, 2.24) is 19.5 Å². The smallest absolute Gasteiger partial charge is 0.304 e. The van der Waals surface area contributed by atoms with E-state index in [1.165, 1.54) is 4.57 Å². The molecule has 1 atom stereocenters. The van der Waals surface area contributed by atoms with Crippen LogP contribution in [0.3, 0.4) is 0 Å². The van der Waals surface area contributed by atoms with E-state index >= 15 is 0 Å². The first kappa shape index (κ1) is 20.1. The second-order valence-electron chi connectivity index (χ2n) is 7.76. The Labute approximate surface area is 172 Å². The number of likely N-dealkylation sites (tertiary alicyclic amines) is 1. The van der Waals surface area contributed by atoms with Crippen LogP contribution in [0.4, 0.5) is 0 Å². The summed E-state index contributed by atoms with van der Waals surface area (Å²) in [5.74, 6) is -0.598. The number of carbonyl (C=O) groups excluding carboxylic acids is 1. The third-order valence-electron chi connectivity index (χ3n) is 5.70. The van der Waals surface area contributed by atoms with Crippen LogP contribution in [-0.4, -0.2) is 45.3 Å². The normalized spacial score (nSPS) is 17.2. The number of hydrogen-bond acceptors (Lipinski definition) is 5. The maximum absolute atomic E-state index is 13.4. The van der Waals surface area contributed by atoms with Crippen molar-refractivity contribution in [3.05, 3.63) is 80.5 Å². The molecule has 0 radical (unpaired) electrons. The van der Waals surface area contributed by atoms with Crippen molar-refractivity contribution >= 4 is 16.8 Å². The number of benzene rings is 2. The fourth-order valence-electron chi connectivity index (χ4n) is 4.17. The van der Waals surface area contributed by atoms with E-state index in [1.54, 1.807) is 52.5 Å². The van der Waals surface area contributed by atoms with Gasteiger partial charge in [-0.1, -0.05) is 24.3 Å². The van der Waals surface area contributed by atoms with Gasteiger partial charge in [0.25, 0.3) is 11.5 Å². The summed E-state index contributed by atoms with van der Waals surface area (Å²) in [4.78, 5) is 40.3. The minimum Gasteiger partial charge on any atom is -0.304 e. The zero-order valence-corrected chi connectivity index (χ0v) is 16.7. The van der Waals surface area contributed by atoms with Crippen molar-refractivity contribution in [3.63, 3.8) is 0 Å². The van der Waals surface area contributed by atoms with Gasteiger partial charge in [0.2, 0.25) is 0 Å². The molecule has 8 heteroatoms. The van der Waals surface area contributed by atoms with Gasteiger partial charge in [-0.2, -0.15) is 0 Å². The molecule has 1 unspecified atom stereocenters. The molecule has 2 aromatic carbocycles. The molecule has 2 heterocycles. The van der Waals surface area contributed by atoms with E-state index in [4.69, 9.17) is 5.21 Å². The van der Waals surface area contributed by atoms with Crippen LogP contribution in [0.1, 0.15) is 34.8 Å². The van der Waals surface area contributed by atoms with Gasteiger partial charge in [-0.05, 0) is 56.3 Å². The number of rotatable bonds is 4. The molecule has 4 rings (SSSR count). The summed E-state index contributed by atoms with van der Waals surface area (Å²) in [5, 5.41) is 9.28. The summed E-state index contributed by atoms with van der Waals surface area (Å²) in [6, 6.07) is 13.6. The van der Waals surface area contributed by atoms with Crippen LogP contribution in [0.25, 0.3) is 10.9 Å². The van der Waals surface area contributed by atoms with Gasteiger partial charge in [-0.15, -0.1) is 0 Å². The van der Waals surface area contributed by atoms with Gasteiger partial charge in [0.05, 0.1) is 23.5 Å². The summed E-state index contributed by atoms with van der Waals surface area (Å²) in [7, 11) is 2.00. The van der Waals surface area contributed by atoms with Crippen molar-refractivity contribution < 1.29 is 10.0 Å². The Kier molecular flexibility index (Phi) is 5.52. The highest BCUT2D eigenvalue weighted by Gasteiger charge is 2.24. The third kappa shape index (κ3) is 3.67. The predicted molar refractivity (Wildman–Crippen MR) is 113 cm³/mol. The molecule has 1 fully saturated rings. The molecule has 0 bridgehead atoms. The van der Waals surface area contributed by atoms with Crippen LogP contribution in [0, 0.1) is 0 Å². The Morgan fingerprint density at radius 1 is 1.13 bits per heavy atom. The third-order valence-corrected chi connectivity index (χ3v) is 5.70. The Hall–Kier alpha value is -3.23. The number of nitrogens with zero attached hydrogens (tertiary/aromatic N) is 3. The Morgan fingerprint density at radius 2 is 1.87 bits per heavy atom. The first-order valence-corrected chi connectivity index (χ1v) is 9.95. The van der Waals surface area contributed by atoms with Gasteiger partial charge in [0, 0.05) is 12.1 Å². The number of hydrogen-bond donors (Lipinski definition) is 2. The van der Waals surface area contributed by atoms with E-state index < -0.39 is 5.91 Å². The SMILES string of the molecule is CN1CCCC(n2c(=O)c3ccccc3n(Cc3ccc(C(=O)NO)cc3)c2=O)C1. The molecule has 0 saturated carbocycles. The van der Waals surface area contributed by atoms with Crippen LogP contribution in [-0.2, 0) is 6.54 Å². The van der Waals surface area contributed by atoms with E-state index in [-0.39, 0.29) is 23.8 Å². The van der Waals surface area contributed by atoms with Crippen molar-refractivity contribution in [3.8, 4) is 0 Å². The van der Waals surface area contributed by atoms with E-state index in [9.17, 15) is 14.4 Å². The quantitative estimate of drug-likeness (QED) is 0.505. The molecule has 3 aromatic rings. The lowest BCUT2D eigenvalue weighted by Gasteiger charge is -2.31. The fourth-order valence-corrected chi connectivity index (χ4v) is 4.17. The first-order valence-electron chi connectivity index (χ1n) is 9.95. The van der Waals surface area contributed by atoms with Gasteiger partial charge in [0.15, 0.2) is 0 Å². The van der Waals surface area contributed by atoms with Gasteiger partial charge in [0.1, 0.15) is 0 Å². The zero-order chi connectivity index (χ0) is 21.3. The van der Waals surface area contributed by atoms with Gasteiger partial charge >= 0.3 is 5.69 Å². The number of carbonyl (C=O) groups is 1. The maximum Gasteiger partial charge on any atom is 0.332 e. The summed E-state index contributed by atoms with van der Waals surface area (Å²) in [6.45, 7) is 1.89. The second-order valence-corrected chi connectivity index (χ2v) is 7.76. The Bertz CT molecular complexity index is 1200. The molecular weight excluding hydrogens is 384 g/mol. The van der Waals surface area contributed by atoms with Crippen molar-refractivity contribution in [1.29, 1.82) is 0 Å². The molecule has 2 N–H and O–H groups in total. The van der Waals surface area contributed by atoms with Crippen molar-refractivity contribution in [2.45, 2.75) is 25.4 Å². The van der Waals surface area contributed by atoms with Crippen LogP contribution in [0.2, 0.25) is 0 Å². The number of fused-ring (bicyclic) bond motifs is 1.